The molecule has 2 aliphatic rings. The SMILES string of the molecule is C=CC(=O)OCC1CSC(CSc2ccc3cc(SCC4SCC(COC(=O)C=C)S4)ccc3c2)S1. The van der Waals surface area contributed by atoms with Gasteiger partial charge in [0.25, 0.3) is 0 Å². The van der Waals surface area contributed by atoms with Crippen LogP contribution in [0.2, 0.25) is 0 Å². The van der Waals surface area contributed by atoms with Crippen LogP contribution in [-0.2, 0) is 19.1 Å². The summed E-state index contributed by atoms with van der Waals surface area (Å²) in [5, 5.41) is 3.25. The van der Waals surface area contributed by atoms with Crippen LogP contribution in [0.5, 0.6) is 0 Å². The van der Waals surface area contributed by atoms with Gasteiger partial charge in [-0.15, -0.1) is 70.6 Å². The van der Waals surface area contributed by atoms with Gasteiger partial charge in [-0.3, -0.25) is 0 Å². The first-order chi connectivity index (χ1) is 17.5. The van der Waals surface area contributed by atoms with Crippen LogP contribution in [0.3, 0.4) is 0 Å². The molecule has 4 atom stereocenters. The van der Waals surface area contributed by atoms with Gasteiger partial charge in [0.1, 0.15) is 13.2 Å². The Morgan fingerprint density at radius 2 is 1.25 bits per heavy atom. The second-order valence-corrected chi connectivity index (χ2v) is 16.3. The molecule has 0 amide bonds. The van der Waals surface area contributed by atoms with E-state index >= 15 is 0 Å². The predicted octanol–water partition coefficient (Wildman–Crippen LogP) is 6.83. The lowest BCUT2D eigenvalue weighted by Crippen LogP contribution is -2.14. The normalized spacial score (nSPS) is 23.4. The molecule has 2 saturated heterocycles. The maximum Gasteiger partial charge on any atom is 0.330 e. The zero-order chi connectivity index (χ0) is 25.3. The first-order valence-electron chi connectivity index (χ1n) is 11.4. The maximum atomic E-state index is 11.3. The van der Waals surface area contributed by atoms with Crippen molar-refractivity contribution in [3.05, 3.63) is 61.7 Å². The number of esters is 2. The van der Waals surface area contributed by atoms with Crippen molar-refractivity contribution < 1.29 is 19.1 Å². The molecule has 4 rings (SSSR count). The lowest BCUT2D eigenvalue weighted by Gasteiger charge is -2.12. The molecule has 0 spiro atoms. The number of carbonyl (C=O) groups excluding carboxylic acids is 2. The molecule has 0 saturated carbocycles. The number of hydrogen-bond donors (Lipinski definition) is 0. The number of thioether (sulfide) groups is 6. The molecule has 0 aromatic heterocycles. The van der Waals surface area contributed by atoms with E-state index in [1.807, 2.05) is 70.6 Å². The number of fused-ring (bicyclic) bond motifs is 1. The van der Waals surface area contributed by atoms with Crippen LogP contribution >= 0.6 is 70.6 Å². The third-order valence-electron chi connectivity index (χ3n) is 5.34. The Labute approximate surface area is 238 Å². The third-order valence-corrected chi connectivity index (χ3v) is 14.8. The van der Waals surface area contributed by atoms with Gasteiger partial charge in [-0.1, -0.05) is 25.3 Å². The van der Waals surface area contributed by atoms with Gasteiger partial charge in [-0.2, -0.15) is 0 Å². The molecule has 0 aliphatic carbocycles. The fraction of sp³-hybridized carbons (Fsp3) is 0.385. The van der Waals surface area contributed by atoms with Gasteiger partial charge in [0.2, 0.25) is 0 Å². The van der Waals surface area contributed by atoms with E-state index < -0.39 is 0 Å². The number of carbonyl (C=O) groups is 2. The third kappa shape index (κ3) is 8.63. The summed E-state index contributed by atoms with van der Waals surface area (Å²) in [4.78, 5) is 25.1. The van der Waals surface area contributed by atoms with Crippen molar-refractivity contribution in [3.8, 4) is 0 Å². The zero-order valence-corrected chi connectivity index (χ0v) is 24.6. The molecule has 36 heavy (non-hydrogen) atoms. The Bertz CT molecular complexity index is 1010. The summed E-state index contributed by atoms with van der Waals surface area (Å²) in [7, 11) is 0. The molecule has 2 aromatic carbocycles. The van der Waals surface area contributed by atoms with Crippen molar-refractivity contribution >= 4 is 93.3 Å². The van der Waals surface area contributed by atoms with Crippen molar-refractivity contribution in [2.75, 3.05) is 36.2 Å². The Hall–Kier alpha value is -0.780. The van der Waals surface area contributed by atoms with Crippen LogP contribution in [-0.4, -0.2) is 67.8 Å². The van der Waals surface area contributed by atoms with Gasteiger partial charge in [0, 0.05) is 55.5 Å². The van der Waals surface area contributed by atoms with E-state index in [0.29, 0.717) is 32.9 Å². The topological polar surface area (TPSA) is 52.6 Å². The zero-order valence-electron chi connectivity index (χ0n) is 19.7. The fourth-order valence-electron chi connectivity index (χ4n) is 3.54. The first-order valence-corrected chi connectivity index (χ1v) is 17.4. The van der Waals surface area contributed by atoms with Crippen LogP contribution < -0.4 is 0 Å². The van der Waals surface area contributed by atoms with Gasteiger partial charge in [-0.25, -0.2) is 9.59 Å². The summed E-state index contributed by atoms with van der Waals surface area (Å²) in [6.07, 6.45) is 2.44. The van der Waals surface area contributed by atoms with Crippen molar-refractivity contribution in [1.82, 2.24) is 0 Å². The number of benzene rings is 2. The highest BCUT2D eigenvalue weighted by Gasteiger charge is 2.28. The maximum absolute atomic E-state index is 11.3. The molecule has 4 nitrogen and oxygen atoms in total. The fourth-order valence-corrected chi connectivity index (χ4v) is 12.5. The Kier molecular flexibility index (Phi) is 11.3. The van der Waals surface area contributed by atoms with Crippen LogP contribution in [0.25, 0.3) is 10.8 Å². The van der Waals surface area contributed by atoms with Crippen molar-refractivity contribution in [2.45, 2.75) is 29.5 Å². The Morgan fingerprint density at radius 3 is 1.67 bits per heavy atom. The molecule has 0 radical (unpaired) electrons. The van der Waals surface area contributed by atoms with E-state index in [1.54, 1.807) is 0 Å². The minimum absolute atomic E-state index is 0.343. The monoisotopic (exact) mass is 596 g/mol. The van der Waals surface area contributed by atoms with Gasteiger partial charge in [-0.05, 0) is 35.0 Å². The predicted molar refractivity (Wildman–Crippen MR) is 163 cm³/mol. The van der Waals surface area contributed by atoms with Crippen LogP contribution in [0.15, 0.2) is 71.5 Å². The van der Waals surface area contributed by atoms with E-state index in [1.165, 1.54) is 32.7 Å². The summed E-state index contributed by atoms with van der Waals surface area (Å²) < 4.78 is 11.4. The number of ether oxygens (including phenoxy) is 2. The van der Waals surface area contributed by atoms with Gasteiger partial charge >= 0.3 is 11.9 Å². The number of hydrogen-bond acceptors (Lipinski definition) is 10. The van der Waals surface area contributed by atoms with E-state index in [9.17, 15) is 9.59 Å². The van der Waals surface area contributed by atoms with E-state index in [2.05, 4.69) is 49.6 Å². The van der Waals surface area contributed by atoms with E-state index in [-0.39, 0.29) is 11.9 Å². The average Bonchev–Trinajstić information content (AvgIpc) is 3.57. The number of rotatable bonds is 12. The van der Waals surface area contributed by atoms with Gasteiger partial charge in [0.15, 0.2) is 0 Å². The lowest BCUT2D eigenvalue weighted by molar-refractivity contribution is -0.138. The minimum atomic E-state index is -0.343. The quantitative estimate of drug-likeness (QED) is 0.148. The highest BCUT2D eigenvalue weighted by Crippen LogP contribution is 2.42. The van der Waals surface area contributed by atoms with Crippen LogP contribution in [0.1, 0.15) is 0 Å². The van der Waals surface area contributed by atoms with Crippen molar-refractivity contribution in [1.29, 1.82) is 0 Å². The van der Waals surface area contributed by atoms with Gasteiger partial charge in [0.05, 0.1) is 9.16 Å². The Morgan fingerprint density at radius 1 is 0.806 bits per heavy atom. The van der Waals surface area contributed by atoms with Crippen LogP contribution in [0.4, 0.5) is 0 Å². The molecule has 4 unspecified atom stereocenters. The van der Waals surface area contributed by atoms with E-state index in [0.717, 1.165) is 23.0 Å². The molecule has 2 aromatic rings. The summed E-state index contributed by atoms with van der Waals surface area (Å²) in [5.74, 6) is 3.41. The molecule has 10 heteroatoms. The summed E-state index contributed by atoms with van der Waals surface area (Å²) in [6.45, 7) is 7.81. The average molecular weight is 597 g/mol. The highest BCUT2D eigenvalue weighted by molar-refractivity contribution is 8.22. The smallest absolute Gasteiger partial charge is 0.330 e. The second-order valence-electron chi connectivity index (χ2n) is 8.00. The molecular formula is C26H28O4S6. The molecule has 2 fully saturated rings. The van der Waals surface area contributed by atoms with Crippen LogP contribution in [0, 0.1) is 0 Å². The molecule has 192 valence electrons. The molecular weight excluding hydrogens is 569 g/mol. The summed E-state index contributed by atoms with van der Waals surface area (Å²) >= 11 is 11.5. The first kappa shape index (κ1) is 28.2. The standard InChI is InChI=1S/C26H28O4S6/c1-3-23(27)29-11-21-13-33-25(35-21)15-31-19-7-5-18-10-20(8-6-17(18)9-19)32-16-26-34-14-22(36-26)12-30-24(28)4-2/h3-10,21-22,25-26H,1-2,11-16H2. The van der Waals surface area contributed by atoms with Gasteiger partial charge < -0.3 is 9.47 Å². The molecule has 2 heterocycles. The highest BCUT2D eigenvalue weighted by atomic mass is 32.2. The van der Waals surface area contributed by atoms with E-state index in [4.69, 9.17) is 9.47 Å². The summed E-state index contributed by atoms with van der Waals surface area (Å²) in [6, 6.07) is 13.4. The molecule has 0 bridgehead atoms. The second kappa shape index (κ2) is 14.4. The molecule has 0 N–H and O–H groups in total. The van der Waals surface area contributed by atoms with Crippen molar-refractivity contribution in [2.24, 2.45) is 0 Å². The largest absolute Gasteiger partial charge is 0.461 e. The molecule has 2 aliphatic heterocycles. The lowest BCUT2D eigenvalue weighted by atomic mass is 10.1. The van der Waals surface area contributed by atoms with Crippen molar-refractivity contribution in [3.63, 3.8) is 0 Å². The minimum Gasteiger partial charge on any atom is -0.461 e. The summed E-state index contributed by atoms with van der Waals surface area (Å²) in [5.41, 5.74) is 0. The Balaban J connectivity index is 1.21.